The number of carbonyl (C=O) groups excluding carboxylic acids is 2. The number of ketones is 1. The molecule has 1 aliphatic heterocycles. The normalized spacial score (nSPS) is 16.6. The van der Waals surface area contributed by atoms with Gasteiger partial charge in [-0.15, -0.1) is 0 Å². The summed E-state index contributed by atoms with van der Waals surface area (Å²) < 4.78 is 95.8. The Morgan fingerprint density at radius 3 is 2.07 bits per heavy atom. The van der Waals surface area contributed by atoms with Gasteiger partial charge in [0.15, 0.2) is 0 Å². The molecule has 0 radical (unpaired) electrons. The Labute approximate surface area is 256 Å². The molecule has 1 amide bonds. The predicted molar refractivity (Wildman–Crippen MR) is 156 cm³/mol. The lowest BCUT2D eigenvalue weighted by Gasteiger charge is -2.33. The first-order chi connectivity index (χ1) is 20.7. The van der Waals surface area contributed by atoms with Crippen LogP contribution >= 0.6 is 0 Å². The highest BCUT2D eigenvalue weighted by atomic mass is 19.4. The van der Waals surface area contributed by atoms with E-state index in [1.807, 2.05) is 4.90 Å². The monoisotopic (exact) mass is 638 g/mol. The fraction of sp³-hybridized carbons (Fsp3) is 0.406. The highest BCUT2D eigenvalue weighted by Gasteiger charge is 2.41. The summed E-state index contributed by atoms with van der Waals surface area (Å²) in [6, 6.07) is 5.65. The summed E-state index contributed by atoms with van der Waals surface area (Å²) in [5.41, 5.74) is 2.37. The maximum absolute atomic E-state index is 14.1. The van der Waals surface area contributed by atoms with Crippen LogP contribution in [0.3, 0.4) is 0 Å². The van der Waals surface area contributed by atoms with E-state index in [9.17, 15) is 40.3 Å². The van der Waals surface area contributed by atoms with Crippen LogP contribution in [0.4, 0.5) is 42.2 Å². The number of nitrogens with two attached hydrogens (primary N) is 1. The van der Waals surface area contributed by atoms with Crippen molar-refractivity contribution in [1.82, 2.24) is 4.98 Å². The number of rotatable bonds is 7. The molecule has 0 spiro atoms. The number of benzene rings is 2. The Hall–Kier alpha value is -4.00. The molecule has 6 nitrogen and oxygen atoms in total. The highest BCUT2D eigenvalue weighted by Crippen LogP contribution is 2.42. The average molecular weight is 639 g/mol. The van der Waals surface area contributed by atoms with Gasteiger partial charge in [0.25, 0.3) is 0 Å². The summed E-state index contributed by atoms with van der Waals surface area (Å²) in [5.74, 6) is -1.09. The molecular formula is C32H33F7N4O2. The topological polar surface area (TPSA) is 79.5 Å². The summed E-state index contributed by atoms with van der Waals surface area (Å²) in [7, 11) is 1.34. The number of Topliss-reactive ketones (excluding diaryl/α,β-unsaturated/α-hetero) is 1. The van der Waals surface area contributed by atoms with Gasteiger partial charge in [0.2, 0.25) is 5.91 Å². The van der Waals surface area contributed by atoms with E-state index >= 15 is 0 Å². The zero-order chi connectivity index (χ0) is 33.6. The van der Waals surface area contributed by atoms with Crippen LogP contribution in [0, 0.1) is 12.7 Å². The fourth-order valence-electron chi connectivity index (χ4n) is 5.70. The molecule has 1 aromatic heterocycles. The third-order valence-electron chi connectivity index (χ3n) is 8.33. The Morgan fingerprint density at radius 1 is 0.956 bits per heavy atom. The Kier molecular flexibility index (Phi) is 9.09. The van der Waals surface area contributed by atoms with E-state index in [0.29, 0.717) is 47.6 Å². The maximum Gasteiger partial charge on any atom is 0.416 e. The van der Waals surface area contributed by atoms with Crippen molar-refractivity contribution in [2.24, 2.45) is 5.73 Å². The van der Waals surface area contributed by atoms with Crippen molar-refractivity contribution >= 4 is 23.2 Å². The number of aryl methyl sites for hydroxylation is 1. The largest absolute Gasteiger partial charge is 0.416 e. The molecular weight excluding hydrogens is 605 g/mol. The highest BCUT2D eigenvalue weighted by molar-refractivity contribution is 6.03. The number of hydrogen-bond donors (Lipinski definition) is 1. The molecule has 0 aliphatic carbocycles. The minimum atomic E-state index is -5.09. The molecule has 0 saturated carbocycles. The van der Waals surface area contributed by atoms with Crippen LogP contribution in [-0.2, 0) is 27.4 Å². The van der Waals surface area contributed by atoms with Crippen LogP contribution in [0.15, 0.2) is 48.7 Å². The van der Waals surface area contributed by atoms with Gasteiger partial charge in [0, 0.05) is 19.2 Å². The SMILES string of the molecule is CC(=O)C(N)[C@@H]1CCCN1c1cc(-c2ccc(F)cc2C)c(N(C)C(=O)C(C)(C)c2cc(C(F)(F)F)cc(C(F)(F)F)c2)cn1. The summed E-state index contributed by atoms with van der Waals surface area (Å²) >= 11 is 0. The van der Waals surface area contributed by atoms with Gasteiger partial charge in [-0.25, -0.2) is 9.37 Å². The number of pyridine rings is 1. The molecule has 1 aliphatic rings. The van der Waals surface area contributed by atoms with Crippen molar-refractivity contribution in [2.45, 2.75) is 70.4 Å². The number of likely N-dealkylation sites (N-methyl/N-ethyl adjacent to an activating group) is 1. The maximum atomic E-state index is 14.1. The summed E-state index contributed by atoms with van der Waals surface area (Å²) in [6.07, 6.45) is -7.44. The van der Waals surface area contributed by atoms with Crippen molar-refractivity contribution < 1.29 is 40.3 Å². The number of carbonyl (C=O) groups is 2. The zero-order valence-corrected chi connectivity index (χ0v) is 25.3. The second kappa shape index (κ2) is 12.1. The third kappa shape index (κ3) is 6.82. The lowest BCUT2D eigenvalue weighted by molar-refractivity contribution is -0.143. The molecule has 13 heteroatoms. The predicted octanol–water partition coefficient (Wildman–Crippen LogP) is 7.06. The molecule has 3 aromatic rings. The fourth-order valence-corrected chi connectivity index (χ4v) is 5.70. The Morgan fingerprint density at radius 2 is 1.53 bits per heavy atom. The van der Waals surface area contributed by atoms with Crippen LogP contribution in [0.5, 0.6) is 0 Å². The standard InChI is InChI=1S/C32H33F7N4O2/c1-17-11-22(33)8-9-23(17)24-15-27(43-10-6-7-25(43)28(40)18(2)44)41-16-26(24)42(5)29(45)30(3,4)19-12-20(31(34,35)36)14-21(13-19)32(37,38)39/h8-9,11-16,25,28H,6-7,10,40H2,1-5H3/t25-,28?/m0/s1. The first kappa shape index (κ1) is 33.9. The molecule has 2 N–H and O–H groups in total. The van der Waals surface area contributed by atoms with Gasteiger partial charge >= 0.3 is 12.4 Å². The number of hydrogen-bond acceptors (Lipinski definition) is 5. The number of aromatic nitrogens is 1. The van der Waals surface area contributed by atoms with Crippen LogP contribution in [0.25, 0.3) is 11.1 Å². The van der Waals surface area contributed by atoms with Gasteiger partial charge in [-0.2, -0.15) is 26.3 Å². The molecule has 1 unspecified atom stereocenters. The molecule has 242 valence electrons. The molecule has 4 rings (SSSR count). The minimum Gasteiger partial charge on any atom is -0.352 e. The minimum absolute atomic E-state index is 0.00938. The van der Waals surface area contributed by atoms with Gasteiger partial charge in [0.1, 0.15) is 17.4 Å². The van der Waals surface area contributed by atoms with Crippen molar-refractivity contribution in [3.05, 3.63) is 76.7 Å². The smallest absolute Gasteiger partial charge is 0.352 e. The zero-order valence-electron chi connectivity index (χ0n) is 25.3. The van der Waals surface area contributed by atoms with Crippen molar-refractivity contribution in [2.75, 3.05) is 23.4 Å². The summed E-state index contributed by atoms with van der Waals surface area (Å²) in [6.45, 7) is 6.07. The first-order valence-corrected chi connectivity index (χ1v) is 14.1. The Bertz CT molecular complexity index is 1590. The lowest BCUT2D eigenvalue weighted by atomic mass is 9.81. The van der Waals surface area contributed by atoms with Crippen LogP contribution in [0.2, 0.25) is 0 Å². The Balaban J connectivity index is 1.84. The molecule has 0 bridgehead atoms. The molecule has 1 fully saturated rings. The van der Waals surface area contributed by atoms with Crippen molar-refractivity contribution in [3.63, 3.8) is 0 Å². The van der Waals surface area contributed by atoms with Crippen LogP contribution in [0.1, 0.15) is 55.9 Å². The number of halogens is 7. The third-order valence-corrected chi connectivity index (χ3v) is 8.33. The van der Waals surface area contributed by atoms with Crippen molar-refractivity contribution in [1.29, 1.82) is 0 Å². The van der Waals surface area contributed by atoms with Crippen LogP contribution in [-0.4, -0.2) is 42.4 Å². The van der Waals surface area contributed by atoms with Gasteiger partial charge in [-0.3, -0.25) is 9.59 Å². The second-order valence-electron chi connectivity index (χ2n) is 11.8. The summed E-state index contributed by atoms with van der Waals surface area (Å²) in [4.78, 5) is 33.6. The molecule has 45 heavy (non-hydrogen) atoms. The van der Waals surface area contributed by atoms with Gasteiger partial charge in [0.05, 0.1) is 40.5 Å². The van der Waals surface area contributed by atoms with E-state index in [2.05, 4.69) is 4.98 Å². The second-order valence-corrected chi connectivity index (χ2v) is 11.8. The van der Waals surface area contributed by atoms with Gasteiger partial charge in [-0.1, -0.05) is 6.07 Å². The molecule has 2 atom stereocenters. The van der Waals surface area contributed by atoms with E-state index in [1.165, 1.54) is 52.2 Å². The summed E-state index contributed by atoms with van der Waals surface area (Å²) in [5, 5.41) is 0. The van der Waals surface area contributed by atoms with E-state index < -0.39 is 52.2 Å². The number of alkyl halides is 6. The molecule has 1 saturated heterocycles. The van der Waals surface area contributed by atoms with Crippen molar-refractivity contribution in [3.8, 4) is 11.1 Å². The van der Waals surface area contributed by atoms with Gasteiger partial charge in [-0.05, 0) is 93.6 Å². The van der Waals surface area contributed by atoms with Gasteiger partial charge < -0.3 is 15.5 Å². The average Bonchev–Trinajstić information content (AvgIpc) is 3.44. The van der Waals surface area contributed by atoms with E-state index in [4.69, 9.17) is 5.73 Å². The molecule has 2 aromatic carbocycles. The number of nitrogens with zero attached hydrogens (tertiary/aromatic N) is 3. The van der Waals surface area contributed by atoms with E-state index in [1.54, 1.807) is 13.0 Å². The number of anilines is 2. The first-order valence-electron chi connectivity index (χ1n) is 14.1. The number of amides is 1. The van der Waals surface area contributed by atoms with E-state index in [-0.39, 0.29) is 23.6 Å². The molecule has 2 heterocycles. The van der Waals surface area contributed by atoms with E-state index in [0.717, 1.165) is 11.3 Å². The lowest BCUT2D eigenvalue weighted by Crippen LogP contribution is -2.48. The quantitative estimate of drug-likeness (QED) is 0.281. The van der Waals surface area contributed by atoms with Crippen LogP contribution < -0.4 is 15.5 Å².